The summed E-state index contributed by atoms with van der Waals surface area (Å²) in [5, 5.41) is 0. The van der Waals surface area contributed by atoms with Crippen molar-refractivity contribution < 1.29 is 18.0 Å². The second kappa shape index (κ2) is 10.0. The number of sulfonamides is 1. The number of piperidine rings is 2. The van der Waals surface area contributed by atoms with Crippen LogP contribution < -0.4 is 0 Å². The van der Waals surface area contributed by atoms with E-state index in [9.17, 15) is 18.0 Å². The Morgan fingerprint density at radius 2 is 1.47 bits per heavy atom. The molecule has 0 aliphatic carbocycles. The molecule has 0 N–H and O–H groups in total. The van der Waals surface area contributed by atoms with Crippen molar-refractivity contribution in [2.45, 2.75) is 57.8 Å². The number of carbonyl (C=O) groups excluding carboxylic acids is 2. The van der Waals surface area contributed by atoms with Gasteiger partial charge in [-0.3, -0.25) is 9.59 Å². The molecular formula is C27H34N2O4S. The zero-order valence-corrected chi connectivity index (χ0v) is 21.2. The van der Waals surface area contributed by atoms with Gasteiger partial charge in [0.25, 0.3) is 5.91 Å². The number of rotatable bonds is 5. The van der Waals surface area contributed by atoms with Crippen LogP contribution in [0.3, 0.4) is 0 Å². The summed E-state index contributed by atoms with van der Waals surface area (Å²) < 4.78 is 27.8. The Labute approximate surface area is 203 Å². The molecule has 2 aromatic carbocycles. The second-order valence-corrected chi connectivity index (χ2v) is 11.6. The van der Waals surface area contributed by atoms with Crippen LogP contribution >= 0.6 is 0 Å². The molecule has 182 valence electrons. The number of likely N-dealkylation sites (tertiary alicyclic amines) is 1. The molecule has 0 saturated carbocycles. The van der Waals surface area contributed by atoms with Crippen molar-refractivity contribution in [2.75, 3.05) is 26.2 Å². The Balaban J connectivity index is 1.47. The molecule has 0 bridgehead atoms. The van der Waals surface area contributed by atoms with Crippen LogP contribution in [0.1, 0.15) is 69.5 Å². The van der Waals surface area contributed by atoms with Crippen molar-refractivity contribution in [1.29, 1.82) is 0 Å². The van der Waals surface area contributed by atoms with E-state index < -0.39 is 10.0 Å². The van der Waals surface area contributed by atoms with E-state index in [2.05, 4.69) is 0 Å². The number of hydrogen-bond donors (Lipinski definition) is 0. The number of Topliss-reactive ketones (excluding diaryl/α,β-unsaturated/α-hetero) is 1. The number of amides is 1. The summed E-state index contributed by atoms with van der Waals surface area (Å²) in [7, 11) is -3.61. The van der Waals surface area contributed by atoms with Gasteiger partial charge in [-0.1, -0.05) is 36.2 Å². The summed E-state index contributed by atoms with van der Waals surface area (Å²) in [6, 6.07) is 10.8. The highest BCUT2D eigenvalue weighted by atomic mass is 32.2. The average molecular weight is 483 g/mol. The minimum atomic E-state index is -3.61. The third kappa shape index (κ3) is 4.96. The van der Waals surface area contributed by atoms with Crippen molar-refractivity contribution in [3.63, 3.8) is 0 Å². The summed E-state index contributed by atoms with van der Waals surface area (Å²) in [5.41, 5.74) is 4.08. The van der Waals surface area contributed by atoms with Gasteiger partial charge in [-0.15, -0.1) is 0 Å². The van der Waals surface area contributed by atoms with Crippen LogP contribution in [0.4, 0.5) is 0 Å². The van der Waals surface area contributed by atoms with E-state index in [1.165, 1.54) is 10.4 Å². The lowest BCUT2D eigenvalue weighted by Crippen LogP contribution is -2.40. The molecular weight excluding hydrogens is 448 g/mol. The maximum atomic E-state index is 13.3. The van der Waals surface area contributed by atoms with Gasteiger partial charge in [0.15, 0.2) is 5.78 Å². The maximum Gasteiger partial charge on any atom is 0.254 e. The van der Waals surface area contributed by atoms with Gasteiger partial charge in [-0.05, 0) is 69.7 Å². The molecule has 0 spiro atoms. The molecule has 6 nitrogen and oxygen atoms in total. The number of hydrogen-bond acceptors (Lipinski definition) is 4. The van der Waals surface area contributed by atoms with E-state index in [4.69, 9.17) is 0 Å². The summed E-state index contributed by atoms with van der Waals surface area (Å²) in [6.45, 7) is 7.85. The first-order chi connectivity index (χ1) is 16.2. The van der Waals surface area contributed by atoms with Gasteiger partial charge in [0.1, 0.15) is 0 Å². The zero-order chi connectivity index (χ0) is 24.5. The standard InChI is InChI=1S/C27H34N2O4S/c1-19-7-10-24(21(3)17-19)26(30)22-11-15-28(16-12-22)27(31)25-18-23(9-8-20(25)2)34(32,33)29-13-5-4-6-14-29/h7-10,17-18,22H,4-6,11-16H2,1-3H3. The Morgan fingerprint density at radius 1 is 0.794 bits per heavy atom. The molecule has 2 aliphatic heterocycles. The minimum Gasteiger partial charge on any atom is -0.339 e. The van der Waals surface area contributed by atoms with Crippen molar-refractivity contribution in [3.8, 4) is 0 Å². The van der Waals surface area contributed by atoms with Gasteiger partial charge in [-0.2, -0.15) is 4.31 Å². The maximum absolute atomic E-state index is 13.3. The minimum absolute atomic E-state index is 0.0997. The highest BCUT2D eigenvalue weighted by Gasteiger charge is 2.31. The highest BCUT2D eigenvalue weighted by molar-refractivity contribution is 7.89. The molecule has 1 amide bonds. The lowest BCUT2D eigenvalue weighted by Gasteiger charge is -2.32. The van der Waals surface area contributed by atoms with Crippen molar-refractivity contribution >= 4 is 21.7 Å². The van der Waals surface area contributed by atoms with Gasteiger partial charge in [0.05, 0.1) is 4.90 Å². The topological polar surface area (TPSA) is 74.8 Å². The van der Waals surface area contributed by atoms with E-state index in [0.717, 1.165) is 41.5 Å². The fraction of sp³-hybridized carbons (Fsp3) is 0.481. The molecule has 0 atom stereocenters. The number of nitrogens with zero attached hydrogens (tertiary/aromatic N) is 2. The van der Waals surface area contributed by atoms with Crippen LogP contribution in [-0.2, 0) is 10.0 Å². The van der Waals surface area contributed by atoms with Crippen LogP contribution in [-0.4, -0.2) is 55.5 Å². The van der Waals surface area contributed by atoms with Crippen molar-refractivity contribution in [2.24, 2.45) is 5.92 Å². The quantitative estimate of drug-likeness (QED) is 0.587. The fourth-order valence-electron chi connectivity index (χ4n) is 5.07. The van der Waals surface area contributed by atoms with Crippen molar-refractivity contribution in [1.82, 2.24) is 9.21 Å². The number of carbonyl (C=O) groups is 2. The van der Waals surface area contributed by atoms with E-state index in [1.54, 1.807) is 17.0 Å². The van der Waals surface area contributed by atoms with Gasteiger partial charge in [0, 0.05) is 43.2 Å². The molecule has 2 aromatic rings. The van der Waals surface area contributed by atoms with E-state index in [-0.39, 0.29) is 22.5 Å². The van der Waals surface area contributed by atoms with Gasteiger partial charge in [0.2, 0.25) is 10.0 Å². The van der Waals surface area contributed by atoms with E-state index >= 15 is 0 Å². The zero-order valence-electron chi connectivity index (χ0n) is 20.3. The third-order valence-electron chi connectivity index (χ3n) is 7.19. The highest BCUT2D eigenvalue weighted by Crippen LogP contribution is 2.27. The lowest BCUT2D eigenvalue weighted by atomic mass is 9.86. The Bertz CT molecular complexity index is 1190. The fourth-order valence-corrected chi connectivity index (χ4v) is 6.62. The van der Waals surface area contributed by atoms with Crippen LogP contribution in [0.2, 0.25) is 0 Å². The Morgan fingerprint density at radius 3 is 2.12 bits per heavy atom. The summed E-state index contributed by atoms with van der Waals surface area (Å²) >= 11 is 0. The smallest absolute Gasteiger partial charge is 0.254 e. The van der Waals surface area contributed by atoms with Crippen LogP contribution in [0.5, 0.6) is 0 Å². The molecule has 4 rings (SSSR count). The van der Waals surface area contributed by atoms with Gasteiger partial charge < -0.3 is 4.90 Å². The Hall–Kier alpha value is -2.51. The van der Waals surface area contributed by atoms with Crippen LogP contribution in [0, 0.1) is 26.7 Å². The average Bonchev–Trinajstić information content (AvgIpc) is 2.84. The molecule has 2 fully saturated rings. The summed E-state index contributed by atoms with van der Waals surface area (Å²) in [5.74, 6) is -0.113. The summed E-state index contributed by atoms with van der Waals surface area (Å²) in [6.07, 6.45) is 4.01. The largest absolute Gasteiger partial charge is 0.339 e. The van der Waals surface area contributed by atoms with Crippen molar-refractivity contribution in [3.05, 3.63) is 64.2 Å². The number of ketones is 1. The molecule has 34 heavy (non-hydrogen) atoms. The number of aryl methyl sites for hydroxylation is 3. The van der Waals surface area contributed by atoms with E-state index in [0.29, 0.717) is 44.6 Å². The first-order valence-electron chi connectivity index (χ1n) is 12.2. The Kier molecular flexibility index (Phi) is 7.24. The van der Waals surface area contributed by atoms with Crippen LogP contribution in [0.25, 0.3) is 0 Å². The predicted octanol–water partition coefficient (Wildman–Crippen LogP) is 4.52. The molecule has 2 saturated heterocycles. The molecule has 0 radical (unpaired) electrons. The molecule has 0 aromatic heterocycles. The summed E-state index contributed by atoms with van der Waals surface area (Å²) in [4.78, 5) is 28.3. The first-order valence-corrected chi connectivity index (χ1v) is 13.6. The molecule has 7 heteroatoms. The third-order valence-corrected chi connectivity index (χ3v) is 9.09. The molecule has 2 heterocycles. The molecule has 0 unspecified atom stereocenters. The second-order valence-electron chi connectivity index (χ2n) is 9.69. The van der Waals surface area contributed by atoms with E-state index in [1.807, 2.05) is 39.0 Å². The number of benzene rings is 2. The lowest BCUT2D eigenvalue weighted by molar-refractivity contribution is 0.0649. The van der Waals surface area contributed by atoms with Crippen LogP contribution in [0.15, 0.2) is 41.3 Å². The van der Waals surface area contributed by atoms with Gasteiger partial charge >= 0.3 is 0 Å². The SMILES string of the molecule is Cc1ccc(C(=O)C2CCN(C(=O)c3cc(S(=O)(=O)N4CCCCC4)ccc3C)CC2)c(C)c1. The first kappa shape index (κ1) is 24.6. The normalized spacial score (nSPS) is 18.1. The predicted molar refractivity (Wildman–Crippen MR) is 133 cm³/mol. The van der Waals surface area contributed by atoms with Gasteiger partial charge in [-0.25, -0.2) is 8.42 Å². The molecule has 2 aliphatic rings. The monoisotopic (exact) mass is 482 g/mol.